The molecule has 0 saturated heterocycles. The Morgan fingerprint density at radius 2 is 2.15 bits per heavy atom. The average molecular weight is 285 g/mol. The van der Waals surface area contributed by atoms with Gasteiger partial charge in [-0.3, -0.25) is 0 Å². The number of aromatic nitrogens is 4. The molecule has 3 rings (SSSR count). The second kappa shape index (κ2) is 5.94. The number of para-hydroxylation sites is 1. The summed E-state index contributed by atoms with van der Waals surface area (Å²) in [6.07, 6.45) is 3.61. The van der Waals surface area contributed by atoms with E-state index in [-0.39, 0.29) is 6.04 Å². The van der Waals surface area contributed by atoms with Crippen LogP contribution in [-0.4, -0.2) is 20.0 Å². The maximum absolute atomic E-state index is 4.46. The van der Waals surface area contributed by atoms with Crippen LogP contribution in [0.4, 0.5) is 0 Å². The van der Waals surface area contributed by atoms with E-state index in [1.807, 2.05) is 41.9 Å². The van der Waals surface area contributed by atoms with Crippen molar-refractivity contribution in [3.8, 4) is 5.69 Å². The molecule has 0 aliphatic heterocycles. The van der Waals surface area contributed by atoms with Crippen LogP contribution < -0.4 is 5.32 Å². The lowest BCUT2D eigenvalue weighted by molar-refractivity contribution is 0.561. The Morgan fingerprint density at radius 3 is 2.90 bits per heavy atom. The summed E-state index contributed by atoms with van der Waals surface area (Å²) < 4.78 is 0. The molecule has 0 fully saturated rings. The summed E-state index contributed by atoms with van der Waals surface area (Å²) in [4.78, 5) is 5.94. The Morgan fingerprint density at radius 1 is 1.30 bits per heavy atom. The summed E-state index contributed by atoms with van der Waals surface area (Å²) in [6.45, 7) is 2.77. The van der Waals surface area contributed by atoms with Crippen molar-refractivity contribution in [1.29, 1.82) is 0 Å². The summed E-state index contributed by atoms with van der Waals surface area (Å²) in [5, 5.41) is 15.2. The van der Waals surface area contributed by atoms with E-state index in [2.05, 4.69) is 27.4 Å². The first-order valence-corrected chi connectivity index (χ1v) is 7.30. The van der Waals surface area contributed by atoms with Gasteiger partial charge in [0, 0.05) is 18.1 Å². The van der Waals surface area contributed by atoms with Gasteiger partial charge in [0.2, 0.25) is 0 Å². The van der Waals surface area contributed by atoms with E-state index in [4.69, 9.17) is 0 Å². The van der Waals surface area contributed by atoms with E-state index >= 15 is 0 Å². The molecule has 0 amide bonds. The molecule has 2 heterocycles. The Hall–Kier alpha value is -2.05. The van der Waals surface area contributed by atoms with Crippen molar-refractivity contribution in [2.75, 3.05) is 0 Å². The maximum Gasteiger partial charge on any atom is 0.109 e. The van der Waals surface area contributed by atoms with Gasteiger partial charge >= 0.3 is 0 Å². The van der Waals surface area contributed by atoms with Crippen LogP contribution in [0.5, 0.6) is 0 Å². The van der Waals surface area contributed by atoms with E-state index < -0.39 is 0 Å². The largest absolute Gasteiger partial charge is 0.302 e. The fourth-order valence-corrected chi connectivity index (χ4v) is 2.52. The lowest BCUT2D eigenvalue weighted by atomic mass is 10.3. The fourth-order valence-electron chi connectivity index (χ4n) is 1.85. The quantitative estimate of drug-likeness (QED) is 0.783. The maximum atomic E-state index is 4.46. The molecule has 0 radical (unpaired) electrons. The zero-order valence-corrected chi connectivity index (χ0v) is 11.9. The minimum Gasteiger partial charge on any atom is -0.302 e. The van der Waals surface area contributed by atoms with Crippen molar-refractivity contribution >= 4 is 11.3 Å². The Labute approximate surface area is 121 Å². The summed E-state index contributed by atoms with van der Waals surface area (Å²) in [5.74, 6) is 0. The number of nitrogens with one attached hydrogen (secondary N) is 1. The summed E-state index contributed by atoms with van der Waals surface area (Å²) in [6, 6.07) is 10.1. The molecule has 102 valence electrons. The first-order chi connectivity index (χ1) is 9.83. The number of hydrogen-bond acceptors (Lipinski definition) is 5. The number of thiazole rings is 1. The second-order valence-electron chi connectivity index (χ2n) is 4.43. The van der Waals surface area contributed by atoms with Crippen LogP contribution in [0.25, 0.3) is 5.69 Å². The molecule has 6 heteroatoms. The minimum absolute atomic E-state index is 0.219. The first-order valence-electron chi connectivity index (χ1n) is 6.42. The number of hydrogen-bond donors (Lipinski definition) is 1. The van der Waals surface area contributed by atoms with Gasteiger partial charge in [0.1, 0.15) is 5.01 Å². The molecule has 1 atom stereocenters. The van der Waals surface area contributed by atoms with Crippen LogP contribution in [0, 0.1) is 0 Å². The van der Waals surface area contributed by atoms with Gasteiger partial charge in [-0.2, -0.15) is 15.0 Å². The molecule has 0 bridgehead atoms. The summed E-state index contributed by atoms with van der Waals surface area (Å²) in [5.41, 5.74) is 1.88. The van der Waals surface area contributed by atoms with Gasteiger partial charge in [-0.1, -0.05) is 18.2 Å². The Balaban J connectivity index is 1.63. The van der Waals surface area contributed by atoms with E-state index in [0.29, 0.717) is 6.54 Å². The summed E-state index contributed by atoms with van der Waals surface area (Å²) in [7, 11) is 0. The number of rotatable bonds is 5. The van der Waals surface area contributed by atoms with Crippen molar-refractivity contribution in [1.82, 2.24) is 25.3 Å². The lowest BCUT2D eigenvalue weighted by Gasteiger charge is -2.08. The van der Waals surface area contributed by atoms with Crippen molar-refractivity contribution in [2.45, 2.75) is 19.5 Å². The predicted octanol–water partition coefficient (Wildman–Crippen LogP) is 2.57. The van der Waals surface area contributed by atoms with Crippen LogP contribution in [-0.2, 0) is 6.54 Å². The molecule has 0 aliphatic rings. The molecule has 1 N–H and O–H groups in total. The third kappa shape index (κ3) is 2.92. The summed E-state index contributed by atoms with van der Waals surface area (Å²) >= 11 is 1.65. The van der Waals surface area contributed by atoms with E-state index in [0.717, 1.165) is 16.4 Å². The molecule has 3 aromatic rings. The predicted molar refractivity (Wildman–Crippen MR) is 78.7 cm³/mol. The van der Waals surface area contributed by atoms with E-state index in [1.165, 1.54) is 0 Å². The van der Waals surface area contributed by atoms with Gasteiger partial charge in [0.15, 0.2) is 0 Å². The van der Waals surface area contributed by atoms with Crippen molar-refractivity contribution in [3.63, 3.8) is 0 Å². The van der Waals surface area contributed by atoms with Gasteiger partial charge in [0.25, 0.3) is 0 Å². The number of nitrogens with zero attached hydrogens (tertiary/aromatic N) is 4. The molecule has 5 nitrogen and oxygen atoms in total. The highest BCUT2D eigenvalue weighted by Gasteiger charge is 2.09. The second-order valence-corrected chi connectivity index (χ2v) is 5.36. The van der Waals surface area contributed by atoms with E-state index in [9.17, 15) is 0 Å². The molecule has 1 aromatic carbocycles. The zero-order valence-electron chi connectivity index (χ0n) is 11.1. The van der Waals surface area contributed by atoms with Crippen molar-refractivity contribution < 1.29 is 0 Å². The minimum atomic E-state index is 0.219. The third-order valence-electron chi connectivity index (χ3n) is 2.94. The van der Waals surface area contributed by atoms with Crippen LogP contribution in [0.1, 0.15) is 23.7 Å². The first kappa shape index (κ1) is 13.0. The monoisotopic (exact) mass is 285 g/mol. The molecular formula is C14H15N5S. The lowest BCUT2D eigenvalue weighted by Crippen LogP contribution is -2.18. The molecule has 0 saturated carbocycles. The highest BCUT2D eigenvalue weighted by atomic mass is 32.1. The molecule has 1 unspecified atom stereocenters. The smallest absolute Gasteiger partial charge is 0.109 e. The van der Waals surface area contributed by atoms with Crippen LogP contribution in [0.15, 0.2) is 48.1 Å². The highest BCUT2D eigenvalue weighted by molar-refractivity contribution is 7.09. The van der Waals surface area contributed by atoms with Crippen molar-refractivity contribution in [2.24, 2.45) is 0 Å². The zero-order chi connectivity index (χ0) is 13.8. The highest BCUT2D eigenvalue weighted by Crippen LogP contribution is 2.15. The van der Waals surface area contributed by atoms with E-state index in [1.54, 1.807) is 22.3 Å². The van der Waals surface area contributed by atoms with Gasteiger partial charge < -0.3 is 5.32 Å². The normalized spacial score (nSPS) is 12.4. The molecule has 0 aliphatic carbocycles. The van der Waals surface area contributed by atoms with Crippen LogP contribution >= 0.6 is 11.3 Å². The van der Waals surface area contributed by atoms with Crippen molar-refractivity contribution in [3.05, 3.63) is 58.8 Å². The van der Waals surface area contributed by atoms with Gasteiger partial charge in [-0.05, 0) is 19.1 Å². The van der Waals surface area contributed by atoms with Gasteiger partial charge in [-0.15, -0.1) is 11.3 Å². The third-order valence-corrected chi connectivity index (χ3v) is 3.90. The SMILES string of the molecule is CC(NCc1cnn(-c2ccccc2)n1)c1nccs1. The topological polar surface area (TPSA) is 55.6 Å². The standard InChI is InChI=1S/C14H15N5S/c1-11(14-15-7-8-20-14)16-9-12-10-17-19(18-12)13-5-3-2-4-6-13/h2-8,10-11,16H,9H2,1H3. The molecule has 0 spiro atoms. The fraction of sp³-hybridized carbons (Fsp3) is 0.214. The Kier molecular flexibility index (Phi) is 3.85. The van der Waals surface area contributed by atoms with Gasteiger partial charge in [-0.25, -0.2) is 4.98 Å². The average Bonchev–Trinajstić information content (AvgIpc) is 3.17. The van der Waals surface area contributed by atoms with Gasteiger partial charge in [0.05, 0.1) is 23.6 Å². The van der Waals surface area contributed by atoms with Crippen LogP contribution in [0.2, 0.25) is 0 Å². The molecular weight excluding hydrogens is 270 g/mol. The Bertz CT molecular complexity index is 647. The number of benzene rings is 1. The van der Waals surface area contributed by atoms with Crippen LogP contribution in [0.3, 0.4) is 0 Å². The molecule has 2 aromatic heterocycles. The molecule has 20 heavy (non-hydrogen) atoms.